The fourth-order valence-corrected chi connectivity index (χ4v) is 10.2. The van der Waals surface area contributed by atoms with Crippen molar-refractivity contribution in [1.82, 2.24) is 0 Å². The summed E-state index contributed by atoms with van der Waals surface area (Å²) >= 11 is 0. The third-order valence-electron chi connectivity index (χ3n) is 11.3. The van der Waals surface area contributed by atoms with Gasteiger partial charge in [-0.15, -0.1) is 0 Å². The molecule has 3 spiro atoms. The Morgan fingerprint density at radius 1 is 0.974 bits per heavy atom. The van der Waals surface area contributed by atoms with Gasteiger partial charge in [0.25, 0.3) is 0 Å². The summed E-state index contributed by atoms with van der Waals surface area (Å²) < 4.78 is 17.2. The molecule has 3 aliphatic carbocycles. The summed E-state index contributed by atoms with van der Waals surface area (Å²) in [7, 11) is 4.74. The number of Topliss-reactive ketones (excluding diaryl/α,β-unsaturated/α-hetero) is 1. The van der Waals surface area contributed by atoms with E-state index in [9.17, 15) is 9.59 Å². The van der Waals surface area contributed by atoms with E-state index < -0.39 is 0 Å². The summed E-state index contributed by atoms with van der Waals surface area (Å²) in [6, 6.07) is 14.5. The summed E-state index contributed by atoms with van der Waals surface area (Å²) in [4.78, 5) is 27.4. The zero-order chi connectivity index (χ0) is 26.3. The highest BCUT2D eigenvalue weighted by Crippen LogP contribution is 2.75. The molecule has 7 nitrogen and oxygen atoms in total. The molecule has 0 radical (unpaired) electrons. The summed E-state index contributed by atoms with van der Waals surface area (Å²) in [6.07, 6.45) is 6.10. The number of hydrogen-bond donors (Lipinski definition) is 1. The highest BCUT2D eigenvalue weighted by atomic mass is 16.5. The van der Waals surface area contributed by atoms with E-state index in [1.54, 1.807) is 14.2 Å². The number of esters is 1. The van der Waals surface area contributed by atoms with Crippen molar-refractivity contribution in [3.63, 3.8) is 0 Å². The van der Waals surface area contributed by atoms with Crippen LogP contribution in [0.25, 0.3) is 0 Å². The summed E-state index contributed by atoms with van der Waals surface area (Å²) in [5.41, 5.74) is 2.67. The van der Waals surface area contributed by atoms with Crippen LogP contribution in [0.5, 0.6) is 11.5 Å². The molecule has 1 unspecified atom stereocenters. The van der Waals surface area contributed by atoms with Gasteiger partial charge in [-0.05, 0) is 61.9 Å². The van der Waals surface area contributed by atoms with Crippen LogP contribution in [0, 0.1) is 11.3 Å². The number of anilines is 1. The first-order valence-electron chi connectivity index (χ1n) is 14.0. The molecular weight excluding hydrogens is 480 g/mol. The molecule has 6 aliphatic rings. The minimum atomic E-state index is -0.361. The maximum absolute atomic E-state index is 14.0. The van der Waals surface area contributed by atoms with Gasteiger partial charge < -0.3 is 24.0 Å². The molecular formula is C31H37N2O5+. The van der Waals surface area contributed by atoms with Crippen molar-refractivity contribution in [3.05, 3.63) is 53.6 Å². The van der Waals surface area contributed by atoms with Crippen LogP contribution in [-0.4, -0.2) is 68.8 Å². The highest BCUT2D eigenvalue weighted by Gasteiger charge is 2.83. The van der Waals surface area contributed by atoms with E-state index >= 15 is 0 Å². The van der Waals surface area contributed by atoms with E-state index in [1.165, 1.54) is 12.7 Å². The highest BCUT2D eigenvalue weighted by molar-refractivity contribution is 5.97. The number of carbonyl (C=O) groups is 2. The molecule has 2 saturated heterocycles. The quantitative estimate of drug-likeness (QED) is 0.349. The first-order chi connectivity index (χ1) is 18.4. The average molecular weight is 518 g/mol. The smallest absolute Gasteiger partial charge is 0.311 e. The number of piperidine rings is 1. The van der Waals surface area contributed by atoms with Crippen LogP contribution >= 0.6 is 0 Å². The zero-order valence-electron chi connectivity index (χ0n) is 22.5. The van der Waals surface area contributed by atoms with Gasteiger partial charge in [0.05, 0.1) is 51.3 Å². The SMILES string of the molecule is COC(=O)[C@@H]1C[C@@]23CCC[N+]4(CC(=O)c5ccc(OC)c(OC)c5)CC[C@@]5(c6ccccc6N[C@]15CC2)[C@H]34. The van der Waals surface area contributed by atoms with Crippen LogP contribution < -0.4 is 14.8 Å². The van der Waals surface area contributed by atoms with Crippen LogP contribution in [0.4, 0.5) is 5.69 Å². The number of benzene rings is 2. The molecule has 7 heteroatoms. The molecule has 0 aromatic heterocycles. The lowest BCUT2D eigenvalue weighted by atomic mass is 9.38. The van der Waals surface area contributed by atoms with Gasteiger partial charge in [0.1, 0.15) is 12.6 Å². The fourth-order valence-electron chi connectivity index (χ4n) is 10.2. The third kappa shape index (κ3) is 2.73. The molecule has 2 aromatic carbocycles. The predicted molar refractivity (Wildman–Crippen MR) is 143 cm³/mol. The second-order valence-electron chi connectivity index (χ2n) is 12.3. The Hall–Kier alpha value is -3.06. The fraction of sp³-hybridized carbons (Fsp3) is 0.548. The lowest BCUT2D eigenvalue weighted by molar-refractivity contribution is -0.949. The molecule has 3 aliphatic heterocycles. The molecule has 1 N–H and O–H groups in total. The van der Waals surface area contributed by atoms with Gasteiger partial charge in [-0.1, -0.05) is 18.2 Å². The number of hydrogen-bond acceptors (Lipinski definition) is 6. The number of nitrogens with zero attached hydrogens (tertiary/aromatic N) is 1. The normalized spacial score (nSPS) is 37.4. The number of methoxy groups -OCH3 is 3. The standard InChI is InChI=1S/C31H37N2O5/c1-36-25-10-9-20(17-26(25)37-2)24(34)19-33-15-6-11-29-12-13-31(22(18-29)27(35)38-3)30(14-16-33,28(29)33)21-7-4-5-8-23(21)32-31/h4-5,7-10,17,22,28,32H,6,11-16,18-19H2,1-3H3/q+1/t22-,28-,29+,30+,31+,33?/m0/s1. The summed E-state index contributed by atoms with van der Waals surface area (Å²) in [5.74, 6) is 1.10. The molecule has 3 heterocycles. The number of rotatable bonds is 6. The van der Waals surface area contributed by atoms with Gasteiger partial charge in [-0.2, -0.15) is 0 Å². The van der Waals surface area contributed by atoms with Gasteiger partial charge in [0, 0.05) is 23.1 Å². The van der Waals surface area contributed by atoms with Gasteiger partial charge in [-0.3, -0.25) is 9.59 Å². The third-order valence-corrected chi connectivity index (χ3v) is 11.3. The number of quaternary nitrogens is 1. The molecule has 3 saturated carbocycles. The minimum Gasteiger partial charge on any atom is -0.493 e. The molecule has 8 rings (SSSR count). The Morgan fingerprint density at radius 3 is 2.58 bits per heavy atom. The first-order valence-corrected chi connectivity index (χ1v) is 14.0. The molecule has 2 bridgehead atoms. The molecule has 6 atom stereocenters. The topological polar surface area (TPSA) is 73.9 Å². The van der Waals surface area contributed by atoms with E-state index in [2.05, 4.69) is 29.6 Å². The largest absolute Gasteiger partial charge is 0.493 e. The van der Waals surface area contributed by atoms with Crippen molar-refractivity contribution in [2.24, 2.45) is 11.3 Å². The Morgan fingerprint density at radius 2 is 1.79 bits per heavy atom. The Balaban J connectivity index is 1.36. The second kappa shape index (κ2) is 7.98. The predicted octanol–water partition coefficient (Wildman–Crippen LogP) is 4.34. The van der Waals surface area contributed by atoms with Crippen LogP contribution in [-0.2, 0) is 14.9 Å². The van der Waals surface area contributed by atoms with Gasteiger partial charge >= 0.3 is 5.97 Å². The summed E-state index contributed by atoms with van der Waals surface area (Å²) in [5, 5.41) is 3.95. The van der Waals surface area contributed by atoms with Crippen molar-refractivity contribution >= 4 is 17.4 Å². The van der Waals surface area contributed by atoms with Crippen LogP contribution in [0.2, 0.25) is 0 Å². The van der Waals surface area contributed by atoms with E-state index in [1.807, 2.05) is 18.2 Å². The molecule has 5 fully saturated rings. The summed E-state index contributed by atoms with van der Waals surface area (Å²) in [6.45, 7) is 2.44. The number of carbonyl (C=O) groups excluding carboxylic acids is 2. The van der Waals surface area contributed by atoms with E-state index in [0.29, 0.717) is 29.6 Å². The lowest BCUT2D eigenvalue weighted by Crippen LogP contribution is -2.80. The Bertz CT molecular complexity index is 1340. The van der Waals surface area contributed by atoms with Gasteiger partial charge in [0.15, 0.2) is 11.5 Å². The number of nitrogens with one attached hydrogen (secondary N) is 1. The Kier molecular flexibility index (Phi) is 5.04. The minimum absolute atomic E-state index is 0.0341. The van der Waals surface area contributed by atoms with Crippen LogP contribution in [0.15, 0.2) is 42.5 Å². The maximum Gasteiger partial charge on any atom is 0.311 e. The zero-order valence-corrected chi connectivity index (χ0v) is 22.5. The average Bonchev–Trinajstić information content (AvgIpc) is 3.46. The van der Waals surface area contributed by atoms with E-state index in [-0.39, 0.29) is 34.0 Å². The van der Waals surface area contributed by atoms with Crippen molar-refractivity contribution in [2.75, 3.05) is 46.3 Å². The lowest BCUT2D eigenvalue weighted by Gasteiger charge is -2.69. The molecule has 0 amide bonds. The maximum atomic E-state index is 14.0. The second-order valence-corrected chi connectivity index (χ2v) is 12.3. The number of para-hydroxylation sites is 1. The van der Waals surface area contributed by atoms with E-state index in [4.69, 9.17) is 14.2 Å². The van der Waals surface area contributed by atoms with Crippen molar-refractivity contribution in [3.8, 4) is 11.5 Å². The van der Waals surface area contributed by atoms with Gasteiger partial charge in [-0.25, -0.2) is 0 Å². The number of ether oxygens (including phenoxy) is 3. The Labute approximate surface area is 224 Å². The monoisotopic (exact) mass is 517 g/mol. The van der Waals surface area contributed by atoms with Crippen molar-refractivity contribution < 1.29 is 28.3 Å². The van der Waals surface area contributed by atoms with E-state index in [0.717, 1.165) is 61.8 Å². The van der Waals surface area contributed by atoms with Crippen molar-refractivity contribution in [1.29, 1.82) is 0 Å². The molecule has 2 aromatic rings. The van der Waals surface area contributed by atoms with Crippen molar-refractivity contribution in [2.45, 2.75) is 55.5 Å². The number of fused-ring (bicyclic) bond motifs is 3. The van der Waals surface area contributed by atoms with Crippen LogP contribution in [0.1, 0.15) is 54.4 Å². The van der Waals surface area contributed by atoms with Crippen LogP contribution in [0.3, 0.4) is 0 Å². The van der Waals surface area contributed by atoms with Gasteiger partial charge in [0.2, 0.25) is 5.78 Å². The first kappa shape index (κ1) is 24.0. The molecule has 38 heavy (non-hydrogen) atoms. The molecule has 200 valence electrons. The number of ketones is 1.